The van der Waals surface area contributed by atoms with Crippen molar-refractivity contribution in [1.29, 1.82) is 0 Å². The van der Waals surface area contributed by atoms with Crippen LogP contribution in [0.3, 0.4) is 0 Å². The van der Waals surface area contributed by atoms with Gasteiger partial charge in [-0.2, -0.15) is 4.98 Å². The highest BCUT2D eigenvalue weighted by molar-refractivity contribution is 7.15. The van der Waals surface area contributed by atoms with Crippen LogP contribution in [0.25, 0.3) is 0 Å². The Kier molecular flexibility index (Phi) is 4.92. The second kappa shape index (κ2) is 6.67. The Morgan fingerprint density at radius 2 is 2.20 bits per heavy atom. The minimum atomic E-state index is 0.186. The van der Waals surface area contributed by atoms with E-state index in [-0.39, 0.29) is 6.04 Å². The first kappa shape index (κ1) is 14.7. The number of rotatable bonds is 6. The van der Waals surface area contributed by atoms with Crippen molar-refractivity contribution in [2.24, 2.45) is 0 Å². The molecule has 5 nitrogen and oxygen atoms in total. The lowest BCUT2D eigenvalue weighted by atomic mass is 10.2. The number of hydrogen-bond acceptors (Lipinski definition) is 6. The van der Waals surface area contributed by atoms with E-state index in [4.69, 9.17) is 4.74 Å². The van der Waals surface area contributed by atoms with Gasteiger partial charge in [0.05, 0.1) is 17.7 Å². The maximum absolute atomic E-state index is 5.33. The lowest BCUT2D eigenvalue weighted by molar-refractivity contribution is 0.393. The molecule has 0 saturated carbocycles. The average Bonchev–Trinajstić information content (AvgIpc) is 2.89. The summed E-state index contributed by atoms with van der Waals surface area (Å²) in [6.07, 6.45) is 1.81. The number of nitrogens with zero attached hydrogens (tertiary/aromatic N) is 3. The van der Waals surface area contributed by atoms with Crippen molar-refractivity contribution in [1.82, 2.24) is 15.3 Å². The molecule has 0 fully saturated rings. The summed E-state index contributed by atoms with van der Waals surface area (Å²) in [6.45, 7) is 2.81. The number of anilines is 1. The van der Waals surface area contributed by atoms with Crippen molar-refractivity contribution in [3.63, 3.8) is 0 Å². The fourth-order valence-corrected chi connectivity index (χ4v) is 2.67. The molecule has 1 N–H and O–H groups in total. The standard InChI is InChI=1S/C14H20N4OS/c1-10(11-7-5-6-8-15-11)16-9-12-13(19-4)17-14(20-12)18(2)3/h5-8,10,16H,9H2,1-4H3/t10-/m0/s1. The van der Waals surface area contributed by atoms with Gasteiger partial charge in [-0.3, -0.25) is 4.98 Å². The van der Waals surface area contributed by atoms with Crippen molar-refractivity contribution in [3.8, 4) is 5.88 Å². The van der Waals surface area contributed by atoms with Gasteiger partial charge in [0, 0.05) is 32.9 Å². The van der Waals surface area contributed by atoms with Gasteiger partial charge in [-0.05, 0) is 19.1 Å². The largest absolute Gasteiger partial charge is 0.480 e. The fourth-order valence-electron chi connectivity index (χ4n) is 1.77. The molecule has 6 heteroatoms. The summed E-state index contributed by atoms with van der Waals surface area (Å²) in [5.41, 5.74) is 1.03. The minimum Gasteiger partial charge on any atom is -0.480 e. The van der Waals surface area contributed by atoms with Crippen LogP contribution < -0.4 is 15.0 Å². The van der Waals surface area contributed by atoms with E-state index in [0.29, 0.717) is 12.4 Å². The third-order valence-electron chi connectivity index (χ3n) is 2.93. The lowest BCUT2D eigenvalue weighted by Gasteiger charge is -2.12. The molecule has 0 aliphatic heterocycles. The van der Waals surface area contributed by atoms with Crippen molar-refractivity contribution in [2.75, 3.05) is 26.1 Å². The molecule has 0 spiro atoms. The molecule has 2 aromatic heterocycles. The van der Waals surface area contributed by atoms with E-state index in [1.165, 1.54) is 0 Å². The molecule has 0 radical (unpaired) electrons. The van der Waals surface area contributed by atoms with Crippen LogP contribution in [-0.2, 0) is 6.54 Å². The predicted octanol–water partition coefficient (Wildman–Crippen LogP) is 2.46. The fraction of sp³-hybridized carbons (Fsp3) is 0.429. The quantitative estimate of drug-likeness (QED) is 0.886. The molecule has 0 bridgehead atoms. The van der Waals surface area contributed by atoms with Gasteiger partial charge in [0.2, 0.25) is 5.88 Å². The molecule has 108 valence electrons. The number of nitrogens with one attached hydrogen (secondary N) is 1. The van der Waals surface area contributed by atoms with Crippen LogP contribution in [0.2, 0.25) is 0 Å². The van der Waals surface area contributed by atoms with Gasteiger partial charge in [-0.15, -0.1) is 0 Å². The SMILES string of the molecule is COc1nc(N(C)C)sc1CN[C@@H](C)c1ccccn1. The van der Waals surface area contributed by atoms with Crippen LogP contribution >= 0.6 is 11.3 Å². The summed E-state index contributed by atoms with van der Waals surface area (Å²) < 4.78 is 5.33. The molecule has 0 saturated heterocycles. The van der Waals surface area contributed by atoms with Crippen molar-refractivity contribution >= 4 is 16.5 Å². The maximum Gasteiger partial charge on any atom is 0.230 e. The number of methoxy groups -OCH3 is 1. The van der Waals surface area contributed by atoms with E-state index in [1.54, 1.807) is 18.4 Å². The number of ether oxygens (including phenoxy) is 1. The second-order valence-corrected chi connectivity index (χ2v) is 5.74. The summed E-state index contributed by atoms with van der Waals surface area (Å²) in [5.74, 6) is 0.694. The van der Waals surface area contributed by atoms with E-state index < -0.39 is 0 Å². The summed E-state index contributed by atoms with van der Waals surface area (Å²) >= 11 is 1.64. The molecule has 0 aliphatic rings. The number of thiazole rings is 1. The van der Waals surface area contributed by atoms with Gasteiger partial charge < -0.3 is 15.0 Å². The second-order valence-electron chi connectivity index (χ2n) is 4.68. The normalized spacial score (nSPS) is 12.2. The van der Waals surface area contributed by atoms with Crippen molar-refractivity contribution < 1.29 is 4.74 Å². The summed E-state index contributed by atoms with van der Waals surface area (Å²) in [5, 5.41) is 4.40. The lowest BCUT2D eigenvalue weighted by Crippen LogP contribution is -2.18. The van der Waals surface area contributed by atoms with Gasteiger partial charge in [0.1, 0.15) is 0 Å². The zero-order chi connectivity index (χ0) is 14.5. The van der Waals surface area contributed by atoms with Gasteiger partial charge in [-0.1, -0.05) is 17.4 Å². The Balaban J connectivity index is 2.03. The third-order valence-corrected chi connectivity index (χ3v) is 4.13. The molecule has 20 heavy (non-hydrogen) atoms. The van der Waals surface area contributed by atoms with Crippen LogP contribution in [0.15, 0.2) is 24.4 Å². The first-order valence-electron chi connectivity index (χ1n) is 6.47. The highest BCUT2D eigenvalue weighted by atomic mass is 32.1. The monoisotopic (exact) mass is 292 g/mol. The average molecular weight is 292 g/mol. The molecule has 1 atom stereocenters. The van der Waals surface area contributed by atoms with Crippen molar-refractivity contribution in [2.45, 2.75) is 19.5 Å². The highest BCUT2D eigenvalue weighted by Crippen LogP contribution is 2.30. The molecule has 2 rings (SSSR count). The Hall–Kier alpha value is -1.66. The summed E-state index contributed by atoms with van der Waals surface area (Å²) in [4.78, 5) is 11.9. The van der Waals surface area contributed by atoms with E-state index in [9.17, 15) is 0 Å². The Morgan fingerprint density at radius 1 is 1.40 bits per heavy atom. The van der Waals surface area contributed by atoms with Crippen LogP contribution in [0, 0.1) is 0 Å². The van der Waals surface area contributed by atoms with Crippen LogP contribution in [0.1, 0.15) is 23.5 Å². The zero-order valence-electron chi connectivity index (χ0n) is 12.3. The summed E-state index contributed by atoms with van der Waals surface area (Å²) in [7, 11) is 5.61. The van der Waals surface area contributed by atoms with Crippen LogP contribution in [0.4, 0.5) is 5.13 Å². The van der Waals surface area contributed by atoms with Gasteiger partial charge in [0.15, 0.2) is 5.13 Å². The maximum atomic E-state index is 5.33. The predicted molar refractivity (Wildman–Crippen MR) is 82.5 cm³/mol. The molecule has 0 amide bonds. The number of aromatic nitrogens is 2. The van der Waals surface area contributed by atoms with E-state index >= 15 is 0 Å². The first-order chi connectivity index (χ1) is 9.61. The molecular formula is C14H20N4OS. The van der Waals surface area contributed by atoms with Gasteiger partial charge >= 0.3 is 0 Å². The topological polar surface area (TPSA) is 50.3 Å². The van der Waals surface area contributed by atoms with Crippen LogP contribution in [-0.4, -0.2) is 31.2 Å². The Morgan fingerprint density at radius 3 is 2.80 bits per heavy atom. The van der Waals surface area contributed by atoms with E-state index in [0.717, 1.165) is 15.7 Å². The molecule has 0 aromatic carbocycles. The first-order valence-corrected chi connectivity index (χ1v) is 7.28. The number of pyridine rings is 1. The minimum absolute atomic E-state index is 0.186. The van der Waals surface area contributed by atoms with E-state index in [1.807, 2.05) is 43.4 Å². The number of hydrogen-bond donors (Lipinski definition) is 1. The third kappa shape index (κ3) is 3.46. The zero-order valence-corrected chi connectivity index (χ0v) is 13.1. The molecule has 0 aliphatic carbocycles. The smallest absolute Gasteiger partial charge is 0.230 e. The van der Waals surface area contributed by atoms with Gasteiger partial charge in [-0.25, -0.2) is 0 Å². The summed E-state index contributed by atoms with van der Waals surface area (Å²) in [6, 6.07) is 6.13. The van der Waals surface area contributed by atoms with E-state index in [2.05, 4.69) is 22.2 Å². The van der Waals surface area contributed by atoms with Crippen LogP contribution in [0.5, 0.6) is 5.88 Å². The van der Waals surface area contributed by atoms with Gasteiger partial charge in [0.25, 0.3) is 0 Å². The molecular weight excluding hydrogens is 272 g/mol. The Bertz CT molecular complexity index is 541. The molecule has 2 heterocycles. The Labute approximate surface area is 123 Å². The molecule has 2 aromatic rings. The molecule has 0 unspecified atom stereocenters. The highest BCUT2D eigenvalue weighted by Gasteiger charge is 2.14. The van der Waals surface area contributed by atoms with Crippen molar-refractivity contribution in [3.05, 3.63) is 35.0 Å².